The molecule has 6 aliphatic rings. The van der Waals surface area contributed by atoms with Crippen LogP contribution < -0.4 is 9.75 Å². The lowest BCUT2D eigenvalue weighted by molar-refractivity contribution is -0.679. The fourth-order valence-electron chi connectivity index (χ4n) is 10.1. The molecular weight excluding hydrogens is 673 g/mol. The number of allylic oxidation sites excluding steroid dienone is 13. The molecule has 54 heavy (non-hydrogen) atoms. The molecule has 0 radical (unpaired) electrons. The van der Waals surface area contributed by atoms with Crippen LogP contribution in [-0.2, 0) is 13.5 Å². The minimum Gasteiger partial charge on any atom is -0.460 e. The van der Waals surface area contributed by atoms with Gasteiger partial charge < -0.3 is 9.32 Å². The normalized spacial score (nSPS) is 26.4. The van der Waals surface area contributed by atoms with E-state index in [1.54, 1.807) is 0 Å². The molecule has 6 atom stereocenters. The number of nitrogens with zero attached hydrogens (tertiary/aromatic N) is 2. The van der Waals surface area contributed by atoms with Gasteiger partial charge in [0.2, 0.25) is 0 Å². The number of hydrogen-bond donors (Lipinski definition) is 0. The largest absolute Gasteiger partial charge is 0.460 e. The van der Waals surface area contributed by atoms with Crippen molar-refractivity contribution in [2.24, 2.45) is 30.7 Å². The van der Waals surface area contributed by atoms with Crippen LogP contribution in [0, 0.1) is 42.4 Å². The number of fused-ring (bicyclic) bond motifs is 8. The Kier molecular flexibility index (Phi) is 8.85. The van der Waals surface area contributed by atoms with Gasteiger partial charge in [-0.25, -0.2) is 4.57 Å². The van der Waals surface area contributed by atoms with E-state index in [4.69, 9.17) is 4.42 Å². The first kappa shape index (κ1) is 35.1. The van der Waals surface area contributed by atoms with Crippen LogP contribution >= 0.6 is 0 Å². The quantitative estimate of drug-likeness (QED) is 0.137. The second kappa shape index (κ2) is 13.6. The van der Waals surface area contributed by atoms with Crippen LogP contribution in [0.1, 0.15) is 91.2 Å². The predicted octanol–water partition coefficient (Wildman–Crippen LogP) is 10.9. The van der Waals surface area contributed by atoms with E-state index in [0.29, 0.717) is 23.7 Å². The molecule has 0 saturated carbocycles. The maximum atomic E-state index is 7.07. The van der Waals surface area contributed by atoms with Crippen molar-refractivity contribution in [2.75, 3.05) is 0 Å². The monoisotopic (exact) mass is 727 g/mol. The summed E-state index contributed by atoms with van der Waals surface area (Å²) in [6.45, 7) is 14.3. The lowest BCUT2D eigenvalue weighted by Crippen LogP contribution is -2.46. The third kappa shape index (κ3) is 6.19. The Bertz CT molecular complexity index is 2350. The highest BCUT2D eigenvalue weighted by Crippen LogP contribution is 2.54. The van der Waals surface area contributed by atoms with Crippen LogP contribution in [0.2, 0.25) is 19.6 Å². The molecule has 9 rings (SSSR count). The predicted molar refractivity (Wildman–Crippen MR) is 227 cm³/mol. The summed E-state index contributed by atoms with van der Waals surface area (Å²) in [6.07, 6.45) is 38.0. The van der Waals surface area contributed by atoms with Crippen molar-refractivity contribution in [2.45, 2.75) is 90.5 Å². The lowest BCUT2D eigenvalue weighted by Gasteiger charge is -2.34. The molecule has 1 aromatic carbocycles. The molecule has 4 aliphatic carbocycles. The summed E-state index contributed by atoms with van der Waals surface area (Å²) in [4.78, 5) is 2.65. The van der Waals surface area contributed by atoms with Crippen LogP contribution in [0.4, 0.5) is 0 Å². The zero-order valence-electron chi connectivity index (χ0n) is 33.2. The summed E-state index contributed by atoms with van der Waals surface area (Å²) in [5.74, 6) is 10.2. The van der Waals surface area contributed by atoms with Gasteiger partial charge in [-0.3, -0.25) is 0 Å². The lowest BCUT2D eigenvalue weighted by atomic mass is 9.80. The second-order valence-corrected chi connectivity index (χ2v) is 23.2. The molecule has 2 aromatic heterocycles. The van der Waals surface area contributed by atoms with Gasteiger partial charge >= 0.3 is 0 Å². The van der Waals surface area contributed by atoms with E-state index in [0.717, 1.165) is 43.4 Å². The molecule has 0 fully saturated rings. The highest BCUT2D eigenvalue weighted by molar-refractivity contribution is 6.88. The molecule has 4 heteroatoms. The molecule has 0 saturated heterocycles. The third-order valence-electron chi connectivity index (χ3n) is 12.9. The number of furan rings is 1. The van der Waals surface area contributed by atoms with Crippen molar-refractivity contribution in [3.8, 4) is 11.8 Å². The van der Waals surface area contributed by atoms with Crippen LogP contribution in [0.15, 0.2) is 119 Å². The zero-order valence-corrected chi connectivity index (χ0v) is 34.2. The first-order valence-corrected chi connectivity index (χ1v) is 23.9. The van der Waals surface area contributed by atoms with Crippen LogP contribution in [0.25, 0.3) is 17.0 Å². The Hall–Kier alpha value is -4.59. The average molecular weight is 728 g/mol. The molecule has 0 bridgehead atoms. The van der Waals surface area contributed by atoms with Crippen molar-refractivity contribution < 1.29 is 8.98 Å². The smallest absolute Gasteiger partial charge is 0.196 e. The van der Waals surface area contributed by atoms with Crippen LogP contribution in [-0.4, -0.2) is 13.0 Å². The third-order valence-corrected chi connectivity index (χ3v) is 14.9. The minimum atomic E-state index is -1.43. The van der Waals surface area contributed by atoms with Gasteiger partial charge in [0.15, 0.2) is 11.9 Å². The van der Waals surface area contributed by atoms with Crippen molar-refractivity contribution >= 4 is 30.3 Å². The molecule has 3 nitrogen and oxygen atoms in total. The van der Waals surface area contributed by atoms with E-state index in [2.05, 4.69) is 172 Å². The molecule has 274 valence electrons. The van der Waals surface area contributed by atoms with E-state index >= 15 is 0 Å². The van der Waals surface area contributed by atoms with Crippen LogP contribution in [0.5, 0.6) is 0 Å². The number of aromatic nitrogens is 1. The highest BCUT2D eigenvalue weighted by atomic mass is 28.3. The Morgan fingerprint density at radius 3 is 2.65 bits per heavy atom. The SMILES string of the molecule is Cc1cc2c3c(oc2c2c1C(CC1C=CC#CC1c1ccc([Si](C)(C)C)c[n+]1C)N1C=CC(CC(C)C)=CC21)CCC(C1=CC=CC2C=CC=CC2C1)=C3. The zero-order chi connectivity index (χ0) is 37.3. The molecule has 4 heterocycles. The molecule has 2 aliphatic heterocycles. The molecule has 6 unspecified atom stereocenters. The molecule has 0 amide bonds. The summed E-state index contributed by atoms with van der Waals surface area (Å²) >= 11 is 0. The molecule has 0 N–H and O–H groups in total. The fourth-order valence-corrected chi connectivity index (χ4v) is 11.2. The maximum Gasteiger partial charge on any atom is 0.196 e. The first-order valence-electron chi connectivity index (χ1n) is 20.4. The minimum absolute atomic E-state index is 0.145. The fraction of sp³-hybridized carbons (Fsp3) is 0.380. The van der Waals surface area contributed by atoms with Crippen molar-refractivity contribution in [1.82, 2.24) is 4.90 Å². The van der Waals surface area contributed by atoms with E-state index in [1.807, 2.05) is 0 Å². The van der Waals surface area contributed by atoms with Crippen LogP contribution in [0.3, 0.4) is 0 Å². The van der Waals surface area contributed by atoms with E-state index in [9.17, 15) is 0 Å². The standard InChI is InChI=1S/C50H55N2OSi/c1-32(2)25-34-23-24-52-45(27-34)49-48(46(52)30-39-15-10-11-18-41(39)44-21-20-40(31-51(44)4)54(5,6)7)33(3)26-43-42-29-38(19-22-47(42)53-50(43)49)37-17-12-16-35-13-8-9-14-36(35)28-37/h8-10,12-17,20-21,23-24,26-27,29,31-32,35-36,39,41,45-46H,19,22,25,28,30H2,1-7H3/q+1. The van der Waals surface area contributed by atoms with Crippen molar-refractivity contribution in [1.29, 1.82) is 0 Å². The number of benzene rings is 1. The highest BCUT2D eigenvalue weighted by Gasteiger charge is 2.43. The summed E-state index contributed by atoms with van der Waals surface area (Å²) in [6, 6.07) is 7.58. The summed E-state index contributed by atoms with van der Waals surface area (Å²) in [5, 5.41) is 2.77. The van der Waals surface area contributed by atoms with Crippen molar-refractivity contribution in [3.05, 3.63) is 148 Å². The Morgan fingerprint density at radius 1 is 1.00 bits per heavy atom. The Balaban J connectivity index is 1.11. The van der Waals surface area contributed by atoms with E-state index < -0.39 is 8.07 Å². The molecule has 3 aromatic rings. The van der Waals surface area contributed by atoms with E-state index in [1.165, 1.54) is 55.2 Å². The number of rotatable bonds is 7. The van der Waals surface area contributed by atoms with Gasteiger partial charge in [-0.15, -0.1) is 0 Å². The van der Waals surface area contributed by atoms with Gasteiger partial charge in [0.05, 0.1) is 20.2 Å². The van der Waals surface area contributed by atoms with Crippen molar-refractivity contribution in [3.63, 3.8) is 0 Å². The number of aryl methyl sites for hydroxylation is 3. The topological polar surface area (TPSA) is 20.3 Å². The maximum absolute atomic E-state index is 7.07. The van der Waals surface area contributed by atoms with Gasteiger partial charge in [-0.1, -0.05) is 106 Å². The first-order chi connectivity index (χ1) is 26.0. The van der Waals surface area contributed by atoms with E-state index in [-0.39, 0.29) is 18.0 Å². The summed E-state index contributed by atoms with van der Waals surface area (Å²) < 4.78 is 9.43. The molecule has 0 spiro atoms. The van der Waals surface area contributed by atoms with Gasteiger partial charge in [0.1, 0.15) is 24.3 Å². The van der Waals surface area contributed by atoms with Gasteiger partial charge in [0.25, 0.3) is 0 Å². The number of hydrogen-bond acceptors (Lipinski definition) is 2. The Labute approximate surface area is 323 Å². The summed E-state index contributed by atoms with van der Waals surface area (Å²) in [7, 11) is 0.791. The average Bonchev–Trinajstić information content (AvgIpc) is 3.56. The number of pyridine rings is 1. The van der Waals surface area contributed by atoms with Gasteiger partial charge in [0, 0.05) is 52.2 Å². The second-order valence-electron chi connectivity index (χ2n) is 18.1. The Morgan fingerprint density at radius 2 is 1.83 bits per heavy atom. The van der Waals surface area contributed by atoms with Gasteiger partial charge in [-0.05, 0) is 96.6 Å². The molecular formula is C50H55N2OSi+. The van der Waals surface area contributed by atoms with Gasteiger partial charge in [-0.2, -0.15) is 0 Å². The summed E-state index contributed by atoms with van der Waals surface area (Å²) in [5.41, 5.74) is 12.3.